The number of nitrogens with one attached hydrogen (secondary N) is 2. The fraction of sp³-hybridized carbons (Fsp3) is 0.316. The minimum absolute atomic E-state index is 0.0344. The molecule has 30 heavy (non-hydrogen) atoms. The zero-order chi connectivity index (χ0) is 21.7. The third-order valence-electron chi connectivity index (χ3n) is 4.40. The van der Waals surface area contributed by atoms with E-state index < -0.39 is 16.1 Å². The van der Waals surface area contributed by atoms with Crippen LogP contribution in [0, 0.1) is 0 Å². The smallest absolute Gasteiger partial charge is 0.323 e. The molecule has 2 aromatic carbocycles. The maximum atomic E-state index is 12.8. The number of benzene rings is 2. The average Bonchev–Trinajstić information content (AvgIpc) is 2.75. The van der Waals surface area contributed by atoms with Gasteiger partial charge in [-0.3, -0.25) is 0 Å². The molecule has 0 aliphatic carbocycles. The van der Waals surface area contributed by atoms with Gasteiger partial charge in [-0.2, -0.15) is 4.31 Å². The van der Waals surface area contributed by atoms with Gasteiger partial charge in [0.25, 0.3) is 0 Å². The third-order valence-corrected chi connectivity index (χ3v) is 6.63. The Kier molecular flexibility index (Phi) is 7.03. The van der Waals surface area contributed by atoms with E-state index >= 15 is 0 Å². The zero-order valence-corrected chi connectivity index (χ0v) is 18.0. The summed E-state index contributed by atoms with van der Waals surface area (Å²) in [4.78, 5) is 12.5. The van der Waals surface area contributed by atoms with Crippen LogP contribution in [-0.4, -0.2) is 59.3 Å². The predicted molar refractivity (Wildman–Crippen MR) is 113 cm³/mol. The van der Waals surface area contributed by atoms with Crippen molar-refractivity contribution < 1.29 is 27.4 Å². The van der Waals surface area contributed by atoms with Crippen molar-refractivity contribution in [1.29, 1.82) is 0 Å². The second kappa shape index (κ2) is 9.52. The number of methoxy groups -OCH3 is 2. The second-order valence-corrected chi connectivity index (χ2v) is 8.68. The first-order chi connectivity index (χ1) is 14.3. The molecule has 1 fully saturated rings. The molecule has 2 N–H and O–H groups in total. The Hall–Kier alpha value is -2.53. The molecule has 0 saturated carbocycles. The van der Waals surface area contributed by atoms with E-state index in [0.717, 1.165) is 0 Å². The number of sulfonamides is 1. The molecule has 0 radical (unpaired) electrons. The monoisotopic (exact) mass is 455 g/mol. The number of hydrogen-bond acceptors (Lipinski definition) is 6. The fourth-order valence-electron chi connectivity index (χ4n) is 2.86. The number of ether oxygens (including phenoxy) is 3. The highest BCUT2D eigenvalue weighted by molar-refractivity contribution is 7.89. The number of halogens is 1. The van der Waals surface area contributed by atoms with Crippen LogP contribution in [0.2, 0.25) is 5.02 Å². The number of hydrogen-bond donors (Lipinski definition) is 2. The standard InChI is InChI=1S/C19H22ClN3O6S/c1-27-14-9-13(10-15(11-14)28-2)21-19(24)22-18-12-16(3-4-17(18)20)30(25,26)23-5-7-29-8-6-23/h3-4,9-12H,5-8H2,1-2H3,(H2,21,22,24). The number of rotatable bonds is 6. The molecule has 2 aromatic rings. The van der Waals surface area contributed by atoms with Crippen molar-refractivity contribution >= 4 is 39.0 Å². The molecule has 1 aliphatic rings. The number of urea groups is 1. The Balaban J connectivity index is 1.78. The van der Waals surface area contributed by atoms with Crippen molar-refractivity contribution in [2.24, 2.45) is 0 Å². The van der Waals surface area contributed by atoms with Crippen LogP contribution in [0.15, 0.2) is 41.3 Å². The molecule has 0 unspecified atom stereocenters. The quantitative estimate of drug-likeness (QED) is 0.693. The first-order valence-electron chi connectivity index (χ1n) is 9.02. The molecule has 9 nitrogen and oxygen atoms in total. The average molecular weight is 456 g/mol. The molecule has 2 amide bonds. The Morgan fingerprint density at radius 1 is 1.03 bits per heavy atom. The van der Waals surface area contributed by atoms with E-state index in [2.05, 4.69) is 10.6 Å². The van der Waals surface area contributed by atoms with Crippen molar-refractivity contribution in [1.82, 2.24) is 4.31 Å². The summed E-state index contributed by atoms with van der Waals surface area (Å²) in [5.74, 6) is 1.00. The van der Waals surface area contributed by atoms with Crippen LogP contribution in [0.25, 0.3) is 0 Å². The molecule has 0 bridgehead atoms. The van der Waals surface area contributed by atoms with Crippen LogP contribution in [0.4, 0.5) is 16.2 Å². The van der Waals surface area contributed by atoms with Crippen LogP contribution in [0.5, 0.6) is 11.5 Å². The highest BCUT2D eigenvalue weighted by atomic mass is 35.5. The van der Waals surface area contributed by atoms with E-state index in [4.69, 9.17) is 25.8 Å². The van der Waals surface area contributed by atoms with Crippen molar-refractivity contribution in [2.45, 2.75) is 4.90 Å². The van der Waals surface area contributed by atoms with Crippen molar-refractivity contribution in [3.8, 4) is 11.5 Å². The van der Waals surface area contributed by atoms with Crippen molar-refractivity contribution in [3.63, 3.8) is 0 Å². The maximum Gasteiger partial charge on any atom is 0.323 e. The molecule has 11 heteroatoms. The second-order valence-electron chi connectivity index (χ2n) is 6.34. The summed E-state index contributed by atoms with van der Waals surface area (Å²) in [5, 5.41) is 5.42. The number of morpholine rings is 1. The normalized spacial score (nSPS) is 14.8. The summed E-state index contributed by atoms with van der Waals surface area (Å²) in [5.41, 5.74) is 0.593. The lowest BCUT2D eigenvalue weighted by Crippen LogP contribution is -2.40. The van der Waals surface area contributed by atoms with Crippen LogP contribution in [0.3, 0.4) is 0 Å². The van der Waals surface area contributed by atoms with Crippen LogP contribution in [-0.2, 0) is 14.8 Å². The Bertz CT molecular complexity index is 1000. The van der Waals surface area contributed by atoms with E-state index in [9.17, 15) is 13.2 Å². The molecule has 0 spiro atoms. The van der Waals surface area contributed by atoms with Gasteiger partial charge in [-0.1, -0.05) is 11.6 Å². The molecule has 1 saturated heterocycles. The van der Waals surface area contributed by atoms with Gasteiger partial charge in [-0.05, 0) is 18.2 Å². The molecule has 0 aromatic heterocycles. The van der Waals surface area contributed by atoms with Gasteiger partial charge >= 0.3 is 6.03 Å². The van der Waals surface area contributed by atoms with E-state index in [0.29, 0.717) is 30.4 Å². The number of amides is 2. The van der Waals surface area contributed by atoms with Gasteiger partial charge in [-0.15, -0.1) is 0 Å². The van der Waals surface area contributed by atoms with Gasteiger partial charge in [0.1, 0.15) is 11.5 Å². The van der Waals surface area contributed by atoms with Crippen LogP contribution in [0.1, 0.15) is 0 Å². The molecule has 3 rings (SSSR count). The highest BCUT2D eigenvalue weighted by Crippen LogP contribution is 2.29. The van der Waals surface area contributed by atoms with Crippen LogP contribution < -0.4 is 20.1 Å². The van der Waals surface area contributed by atoms with E-state index in [-0.39, 0.29) is 28.7 Å². The lowest BCUT2D eigenvalue weighted by atomic mass is 10.2. The number of nitrogens with zero attached hydrogens (tertiary/aromatic N) is 1. The molecular formula is C19H22ClN3O6S. The molecule has 1 heterocycles. The summed E-state index contributed by atoms with van der Waals surface area (Å²) in [7, 11) is -0.726. The minimum Gasteiger partial charge on any atom is -0.497 e. The van der Waals surface area contributed by atoms with Crippen LogP contribution >= 0.6 is 11.6 Å². The topological polar surface area (TPSA) is 106 Å². The Labute approximate surface area is 179 Å². The zero-order valence-electron chi connectivity index (χ0n) is 16.5. The van der Waals surface area contributed by atoms with Gasteiger partial charge < -0.3 is 24.8 Å². The lowest BCUT2D eigenvalue weighted by Gasteiger charge is -2.26. The van der Waals surface area contributed by atoms with Gasteiger partial charge in [0, 0.05) is 37.0 Å². The SMILES string of the molecule is COc1cc(NC(=O)Nc2cc(S(=O)(=O)N3CCOCC3)ccc2Cl)cc(OC)c1. The molecule has 0 atom stereocenters. The van der Waals surface area contributed by atoms with E-state index in [1.807, 2.05) is 0 Å². The maximum absolute atomic E-state index is 12.8. The van der Waals surface area contributed by atoms with E-state index in [1.54, 1.807) is 18.2 Å². The first-order valence-corrected chi connectivity index (χ1v) is 10.8. The van der Waals surface area contributed by atoms with Gasteiger partial charge in [0.2, 0.25) is 10.0 Å². The lowest BCUT2D eigenvalue weighted by molar-refractivity contribution is 0.0730. The minimum atomic E-state index is -3.72. The third kappa shape index (κ3) is 5.14. The predicted octanol–water partition coefficient (Wildman–Crippen LogP) is 3.02. The number of anilines is 2. The van der Waals surface area contributed by atoms with E-state index in [1.165, 1.54) is 36.7 Å². The number of carbonyl (C=O) groups excluding carboxylic acids is 1. The molecular weight excluding hydrogens is 434 g/mol. The number of carbonyl (C=O) groups is 1. The van der Waals surface area contributed by atoms with Crippen molar-refractivity contribution in [2.75, 3.05) is 51.2 Å². The van der Waals surface area contributed by atoms with Gasteiger partial charge in [0.05, 0.1) is 43.0 Å². The van der Waals surface area contributed by atoms with Gasteiger partial charge in [0.15, 0.2) is 0 Å². The van der Waals surface area contributed by atoms with Gasteiger partial charge in [-0.25, -0.2) is 13.2 Å². The summed E-state index contributed by atoms with van der Waals surface area (Å²) >= 11 is 6.16. The molecule has 162 valence electrons. The Morgan fingerprint density at radius 3 is 2.27 bits per heavy atom. The summed E-state index contributed by atoms with van der Waals surface area (Å²) in [6.07, 6.45) is 0. The summed E-state index contributed by atoms with van der Waals surface area (Å²) in [6.45, 7) is 1.21. The summed E-state index contributed by atoms with van der Waals surface area (Å²) < 4.78 is 42.6. The summed E-state index contributed by atoms with van der Waals surface area (Å²) in [6, 6.07) is 8.46. The first kappa shape index (κ1) is 22.2. The largest absolute Gasteiger partial charge is 0.497 e. The highest BCUT2D eigenvalue weighted by Gasteiger charge is 2.27. The van der Waals surface area contributed by atoms with Crippen molar-refractivity contribution in [3.05, 3.63) is 41.4 Å². The fourth-order valence-corrected chi connectivity index (χ4v) is 4.46. The Morgan fingerprint density at radius 2 is 1.67 bits per heavy atom. The molecule has 1 aliphatic heterocycles.